The van der Waals surface area contributed by atoms with Crippen LogP contribution in [0, 0.1) is 5.92 Å². The van der Waals surface area contributed by atoms with Gasteiger partial charge in [0.1, 0.15) is 0 Å². The number of nitrogens with one attached hydrogen (secondary N) is 2. The molecule has 2 aliphatic rings. The lowest BCUT2D eigenvalue weighted by Gasteiger charge is -2.27. The number of alkyl halides is 2. The fourth-order valence-corrected chi connectivity index (χ4v) is 3.02. The van der Waals surface area contributed by atoms with Crippen LogP contribution in [0.3, 0.4) is 0 Å². The molecule has 0 saturated carbocycles. The van der Waals surface area contributed by atoms with Crippen LogP contribution in [0.15, 0.2) is 18.2 Å². The number of likely N-dealkylation sites (tertiary alicyclic amines) is 1. The highest BCUT2D eigenvalue weighted by Gasteiger charge is 2.43. The standard InChI is InChI=1S/C15H18F2N2O3/c1-10-3-2-6-19(8-10)9-14(20)18-11-4-5-12-13(7-11)22-15(16,17)21-12/h4-5,7,10H,2-3,6,8-9H2,1H3,(H,18,20)/p+1/t10-/m0/s1. The smallest absolute Gasteiger partial charge is 0.395 e. The molecule has 0 radical (unpaired) electrons. The molecule has 1 unspecified atom stereocenters. The van der Waals surface area contributed by atoms with Crippen molar-refractivity contribution in [3.05, 3.63) is 18.2 Å². The summed E-state index contributed by atoms with van der Waals surface area (Å²) in [5.74, 6) is 0.402. The molecule has 0 bridgehead atoms. The predicted molar refractivity (Wildman–Crippen MR) is 75.2 cm³/mol. The zero-order valence-electron chi connectivity index (χ0n) is 12.3. The third-order valence-corrected chi connectivity index (χ3v) is 3.96. The number of quaternary nitrogens is 1. The molecule has 5 nitrogen and oxygen atoms in total. The Morgan fingerprint density at radius 1 is 1.41 bits per heavy atom. The van der Waals surface area contributed by atoms with Crippen LogP contribution in [0.1, 0.15) is 19.8 Å². The maximum atomic E-state index is 12.9. The minimum atomic E-state index is -3.64. The average molecular weight is 313 g/mol. The molecule has 2 aliphatic heterocycles. The van der Waals surface area contributed by atoms with Gasteiger partial charge in [0.2, 0.25) is 0 Å². The van der Waals surface area contributed by atoms with E-state index in [1.807, 2.05) is 0 Å². The number of carbonyl (C=O) groups is 1. The maximum absolute atomic E-state index is 12.9. The second-order valence-electron chi connectivity index (χ2n) is 6.01. The predicted octanol–water partition coefficient (Wildman–Crippen LogP) is 1.26. The van der Waals surface area contributed by atoms with Crippen molar-refractivity contribution in [1.82, 2.24) is 0 Å². The van der Waals surface area contributed by atoms with Gasteiger partial charge in [0.25, 0.3) is 5.91 Å². The van der Waals surface area contributed by atoms with Crippen LogP contribution in [-0.4, -0.2) is 31.8 Å². The van der Waals surface area contributed by atoms with Gasteiger partial charge in [-0.25, -0.2) is 0 Å². The van der Waals surface area contributed by atoms with Gasteiger partial charge in [0.15, 0.2) is 18.0 Å². The van der Waals surface area contributed by atoms with E-state index in [4.69, 9.17) is 0 Å². The lowest BCUT2D eigenvalue weighted by atomic mass is 10.0. The molecule has 2 heterocycles. The van der Waals surface area contributed by atoms with Gasteiger partial charge in [-0.15, -0.1) is 8.78 Å². The van der Waals surface area contributed by atoms with Crippen molar-refractivity contribution in [1.29, 1.82) is 0 Å². The third kappa shape index (κ3) is 3.47. The lowest BCUT2D eigenvalue weighted by molar-refractivity contribution is -0.900. The molecular weight excluding hydrogens is 294 g/mol. The molecule has 1 aromatic carbocycles. The molecule has 120 valence electrons. The first-order valence-electron chi connectivity index (χ1n) is 7.44. The molecule has 2 N–H and O–H groups in total. The van der Waals surface area contributed by atoms with E-state index in [9.17, 15) is 13.6 Å². The van der Waals surface area contributed by atoms with Crippen LogP contribution < -0.4 is 19.7 Å². The van der Waals surface area contributed by atoms with Gasteiger partial charge in [0, 0.05) is 17.7 Å². The number of piperidine rings is 1. The van der Waals surface area contributed by atoms with E-state index < -0.39 is 6.29 Å². The number of ether oxygens (including phenoxy) is 2. The maximum Gasteiger partial charge on any atom is 0.586 e. The topological polar surface area (TPSA) is 52.0 Å². The quantitative estimate of drug-likeness (QED) is 0.883. The Kier molecular flexibility index (Phi) is 3.90. The number of anilines is 1. The number of fused-ring (bicyclic) bond motifs is 1. The summed E-state index contributed by atoms with van der Waals surface area (Å²) in [5.41, 5.74) is 0.425. The van der Waals surface area contributed by atoms with Crippen molar-refractivity contribution in [3.63, 3.8) is 0 Å². The third-order valence-electron chi connectivity index (χ3n) is 3.96. The van der Waals surface area contributed by atoms with Crippen molar-refractivity contribution in [2.75, 3.05) is 25.0 Å². The van der Waals surface area contributed by atoms with Crippen LogP contribution in [-0.2, 0) is 4.79 Å². The Morgan fingerprint density at radius 2 is 2.18 bits per heavy atom. The molecule has 1 aromatic rings. The van der Waals surface area contributed by atoms with E-state index in [0.29, 0.717) is 18.2 Å². The Bertz CT molecular complexity index is 580. The summed E-state index contributed by atoms with van der Waals surface area (Å²) in [4.78, 5) is 13.3. The summed E-state index contributed by atoms with van der Waals surface area (Å²) in [6, 6.07) is 4.24. The highest BCUT2D eigenvalue weighted by molar-refractivity contribution is 5.91. The van der Waals surface area contributed by atoms with Crippen LogP contribution in [0.5, 0.6) is 11.5 Å². The molecule has 0 aromatic heterocycles. The largest absolute Gasteiger partial charge is 0.586 e. The van der Waals surface area contributed by atoms with Crippen molar-refractivity contribution in [3.8, 4) is 11.5 Å². The molecule has 2 atom stereocenters. The fraction of sp³-hybridized carbons (Fsp3) is 0.533. The first-order chi connectivity index (χ1) is 10.4. The van der Waals surface area contributed by atoms with E-state index in [0.717, 1.165) is 19.5 Å². The van der Waals surface area contributed by atoms with Crippen LogP contribution in [0.25, 0.3) is 0 Å². The lowest BCUT2D eigenvalue weighted by Crippen LogP contribution is -3.14. The molecule has 0 spiro atoms. The van der Waals surface area contributed by atoms with Crippen LogP contribution in [0.2, 0.25) is 0 Å². The molecule has 1 fully saturated rings. The van der Waals surface area contributed by atoms with Gasteiger partial charge in [-0.05, 0) is 25.0 Å². The fourth-order valence-electron chi connectivity index (χ4n) is 3.02. The van der Waals surface area contributed by atoms with Gasteiger partial charge in [-0.1, -0.05) is 6.92 Å². The summed E-state index contributed by atoms with van der Waals surface area (Å²) < 4.78 is 34.6. The second kappa shape index (κ2) is 5.72. The zero-order chi connectivity index (χ0) is 15.7. The number of hydrogen-bond acceptors (Lipinski definition) is 3. The molecule has 1 amide bonds. The summed E-state index contributed by atoms with van der Waals surface area (Å²) >= 11 is 0. The molecule has 22 heavy (non-hydrogen) atoms. The van der Waals surface area contributed by atoms with Crippen molar-refractivity contribution in [2.24, 2.45) is 5.92 Å². The highest BCUT2D eigenvalue weighted by Crippen LogP contribution is 2.42. The monoisotopic (exact) mass is 313 g/mol. The van der Waals surface area contributed by atoms with Gasteiger partial charge in [-0.3, -0.25) is 4.79 Å². The average Bonchev–Trinajstić information content (AvgIpc) is 2.71. The molecule has 1 saturated heterocycles. The van der Waals surface area contributed by atoms with E-state index >= 15 is 0 Å². The molecule has 3 rings (SSSR count). The van der Waals surface area contributed by atoms with Gasteiger partial charge in [0.05, 0.1) is 13.1 Å². The Hall–Kier alpha value is -1.89. The summed E-state index contributed by atoms with van der Waals surface area (Å²) in [6.45, 7) is 4.55. The Labute approximate surface area is 127 Å². The number of halogens is 2. The summed E-state index contributed by atoms with van der Waals surface area (Å²) in [6.07, 6.45) is -1.30. The van der Waals surface area contributed by atoms with Gasteiger partial charge in [-0.2, -0.15) is 0 Å². The minimum Gasteiger partial charge on any atom is -0.395 e. The first-order valence-corrected chi connectivity index (χ1v) is 7.44. The number of benzene rings is 1. The van der Waals surface area contributed by atoms with E-state index in [2.05, 4.69) is 21.7 Å². The Balaban J connectivity index is 1.58. The number of rotatable bonds is 3. The molecule has 7 heteroatoms. The highest BCUT2D eigenvalue weighted by atomic mass is 19.3. The molecule has 0 aliphatic carbocycles. The zero-order valence-corrected chi connectivity index (χ0v) is 12.3. The van der Waals surface area contributed by atoms with E-state index in [1.54, 1.807) is 0 Å². The SMILES string of the molecule is C[C@H]1CCC[NH+](CC(=O)Nc2ccc3c(c2)OC(F)(F)O3)C1. The number of hydrogen-bond donors (Lipinski definition) is 2. The van der Waals surface area contributed by atoms with Crippen LogP contribution >= 0.6 is 0 Å². The Morgan fingerprint density at radius 3 is 2.95 bits per heavy atom. The molecular formula is C15H19F2N2O3+. The van der Waals surface area contributed by atoms with Gasteiger partial charge >= 0.3 is 6.29 Å². The summed E-state index contributed by atoms with van der Waals surface area (Å²) in [5, 5.41) is 2.72. The first kappa shape index (κ1) is 15.0. The van der Waals surface area contributed by atoms with E-state index in [1.165, 1.54) is 29.5 Å². The van der Waals surface area contributed by atoms with Crippen LogP contribution in [0.4, 0.5) is 14.5 Å². The summed E-state index contributed by atoms with van der Waals surface area (Å²) in [7, 11) is 0. The van der Waals surface area contributed by atoms with Crippen molar-refractivity contribution >= 4 is 11.6 Å². The minimum absolute atomic E-state index is 0.0292. The van der Waals surface area contributed by atoms with Gasteiger partial charge < -0.3 is 19.7 Å². The van der Waals surface area contributed by atoms with Crippen molar-refractivity contribution in [2.45, 2.75) is 26.1 Å². The normalized spacial score (nSPS) is 25.8. The number of carbonyl (C=O) groups excluding carboxylic acids is 1. The van der Waals surface area contributed by atoms with Crippen molar-refractivity contribution < 1.29 is 27.9 Å². The second-order valence-corrected chi connectivity index (χ2v) is 6.01. The number of amides is 1. The van der Waals surface area contributed by atoms with E-state index in [-0.39, 0.29) is 17.4 Å².